The van der Waals surface area contributed by atoms with E-state index in [1.807, 2.05) is 24.3 Å². The smallest absolute Gasteiger partial charge is 0.307 e. The van der Waals surface area contributed by atoms with Gasteiger partial charge in [-0.2, -0.15) is 0 Å². The monoisotopic (exact) mass is 335 g/mol. The summed E-state index contributed by atoms with van der Waals surface area (Å²) in [4.78, 5) is 15.8. The second kappa shape index (κ2) is 6.82. The van der Waals surface area contributed by atoms with Crippen molar-refractivity contribution in [3.8, 4) is 10.4 Å². The second-order valence-corrected chi connectivity index (χ2v) is 7.23. The van der Waals surface area contributed by atoms with Crippen LogP contribution in [0.5, 0.6) is 0 Å². The van der Waals surface area contributed by atoms with Gasteiger partial charge in [0.05, 0.1) is 5.92 Å². The van der Waals surface area contributed by atoms with Gasteiger partial charge in [-0.1, -0.05) is 29.8 Å². The van der Waals surface area contributed by atoms with Gasteiger partial charge in [-0.15, -0.1) is 11.3 Å². The SMILES string of the molecule is O=C(O)C1CCCN(Cc2ccc(-c3ccccc3Cl)s2)C1. The summed E-state index contributed by atoms with van der Waals surface area (Å²) >= 11 is 7.97. The average Bonchev–Trinajstić information content (AvgIpc) is 2.96. The maximum Gasteiger partial charge on any atom is 0.307 e. The number of nitrogens with zero attached hydrogens (tertiary/aromatic N) is 1. The Labute approximate surface area is 139 Å². The van der Waals surface area contributed by atoms with E-state index in [4.69, 9.17) is 16.7 Å². The Balaban J connectivity index is 1.70. The third-order valence-corrected chi connectivity index (χ3v) is 5.47. The van der Waals surface area contributed by atoms with E-state index in [0.717, 1.165) is 41.4 Å². The number of halogens is 1. The molecule has 5 heteroatoms. The molecule has 1 aromatic carbocycles. The van der Waals surface area contributed by atoms with Crippen LogP contribution >= 0.6 is 22.9 Å². The number of aliphatic carboxylic acids is 1. The predicted molar refractivity (Wildman–Crippen MR) is 90.4 cm³/mol. The van der Waals surface area contributed by atoms with Crippen LogP contribution in [0.3, 0.4) is 0 Å². The maximum absolute atomic E-state index is 11.1. The summed E-state index contributed by atoms with van der Waals surface area (Å²) in [6.07, 6.45) is 1.75. The highest BCUT2D eigenvalue weighted by Gasteiger charge is 2.25. The van der Waals surface area contributed by atoms with Crippen molar-refractivity contribution in [2.24, 2.45) is 5.92 Å². The predicted octanol–water partition coefficient (Wildman–Crippen LogP) is 4.37. The molecule has 1 aliphatic rings. The summed E-state index contributed by atoms with van der Waals surface area (Å²) < 4.78 is 0. The molecule has 0 radical (unpaired) electrons. The number of carboxylic acid groups (broad SMARTS) is 1. The summed E-state index contributed by atoms with van der Waals surface area (Å²) in [5.74, 6) is -0.899. The highest BCUT2D eigenvalue weighted by atomic mass is 35.5. The number of carbonyl (C=O) groups is 1. The Morgan fingerprint density at radius 2 is 2.14 bits per heavy atom. The minimum absolute atomic E-state index is 0.225. The molecule has 1 aromatic heterocycles. The zero-order valence-corrected chi connectivity index (χ0v) is 13.7. The topological polar surface area (TPSA) is 40.5 Å². The van der Waals surface area contributed by atoms with Crippen LogP contribution in [0.2, 0.25) is 5.02 Å². The zero-order valence-electron chi connectivity index (χ0n) is 12.2. The molecule has 22 heavy (non-hydrogen) atoms. The molecule has 0 bridgehead atoms. The second-order valence-electron chi connectivity index (χ2n) is 5.66. The van der Waals surface area contributed by atoms with Crippen molar-refractivity contribution in [2.45, 2.75) is 19.4 Å². The molecule has 0 spiro atoms. The van der Waals surface area contributed by atoms with E-state index >= 15 is 0 Å². The van der Waals surface area contributed by atoms with Crippen molar-refractivity contribution in [2.75, 3.05) is 13.1 Å². The number of hydrogen-bond acceptors (Lipinski definition) is 3. The Bertz CT molecular complexity index is 670. The molecule has 0 saturated carbocycles. The summed E-state index contributed by atoms with van der Waals surface area (Å²) in [7, 11) is 0. The van der Waals surface area contributed by atoms with Crippen LogP contribution in [-0.2, 0) is 11.3 Å². The van der Waals surface area contributed by atoms with E-state index in [-0.39, 0.29) is 5.92 Å². The summed E-state index contributed by atoms with van der Waals surface area (Å²) in [6, 6.07) is 12.1. The number of benzene rings is 1. The molecule has 1 fully saturated rings. The summed E-state index contributed by atoms with van der Waals surface area (Å²) in [5, 5.41) is 9.93. The third-order valence-electron chi connectivity index (χ3n) is 4.04. The van der Waals surface area contributed by atoms with E-state index in [1.165, 1.54) is 4.88 Å². The average molecular weight is 336 g/mol. The lowest BCUT2D eigenvalue weighted by Gasteiger charge is -2.30. The lowest BCUT2D eigenvalue weighted by molar-refractivity contribution is -0.143. The van der Waals surface area contributed by atoms with Gasteiger partial charge in [-0.25, -0.2) is 0 Å². The van der Waals surface area contributed by atoms with Crippen molar-refractivity contribution < 1.29 is 9.90 Å². The number of thiophene rings is 1. The van der Waals surface area contributed by atoms with Gasteiger partial charge in [0.1, 0.15) is 0 Å². The Morgan fingerprint density at radius 3 is 2.91 bits per heavy atom. The molecule has 1 unspecified atom stereocenters. The standard InChI is InChI=1S/C17H18ClNO2S/c18-15-6-2-1-5-14(15)16-8-7-13(22-16)11-19-9-3-4-12(10-19)17(20)21/h1-2,5-8,12H,3-4,9-11H2,(H,20,21). The summed E-state index contributed by atoms with van der Waals surface area (Å²) in [6.45, 7) is 2.44. The molecule has 2 aromatic rings. The van der Waals surface area contributed by atoms with E-state index in [9.17, 15) is 4.79 Å². The highest BCUT2D eigenvalue weighted by Crippen LogP contribution is 2.34. The number of hydrogen-bond donors (Lipinski definition) is 1. The van der Waals surface area contributed by atoms with E-state index in [0.29, 0.717) is 6.54 Å². The van der Waals surface area contributed by atoms with E-state index < -0.39 is 5.97 Å². The molecule has 1 saturated heterocycles. The van der Waals surface area contributed by atoms with Gasteiger partial charge >= 0.3 is 5.97 Å². The Hall–Kier alpha value is -1.36. The number of rotatable bonds is 4. The van der Waals surface area contributed by atoms with Crippen LogP contribution < -0.4 is 0 Å². The zero-order chi connectivity index (χ0) is 15.5. The van der Waals surface area contributed by atoms with Gasteiger partial charge in [0.25, 0.3) is 0 Å². The minimum atomic E-state index is -0.673. The Kier molecular flexibility index (Phi) is 4.81. The Morgan fingerprint density at radius 1 is 1.32 bits per heavy atom. The fourth-order valence-electron chi connectivity index (χ4n) is 2.89. The fourth-order valence-corrected chi connectivity index (χ4v) is 4.27. The normalized spacial score (nSPS) is 19.2. The van der Waals surface area contributed by atoms with E-state index in [2.05, 4.69) is 17.0 Å². The van der Waals surface area contributed by atoms with Crippen LogP contribution in [0.1, 0.15) is 17.7 Å². The first kappa shape index (κ1) is 15.5. The first-order valence-corrected chi connectivity index (χ1v) is 8.61. The van der Waals surface area contributed by atoms with Crippen molar-refractivity contribution in [1.82, 2.24) is 4.90 Å². The first-order valence-electron chi connectivity index (χ1n) is 7.42. The molecular formula is C17H18ClNO2S. The highest BCUT2D eigenvalue weighted by molar-refractivity contribution is 7.15. The minimum Gasteiger partial charge on any atom is -0.481 e. The molecule has 1 aliphatic heterocycles. The van der Waals surface area contributed by atoms with Crippen molar-refractivity contribution in [1.29, 1.82) is 0 Å². The quantitative estimate of drug-likeness (QED) is 0.902. The molecule has 1 atom stereocenters. The van der Waals surface area contributed by atoms with Crippen LogP contribution in [0, 0.1) is 5.92 Å². The van der Waals surface area contributed by atoms with E-state index in [1.54, 1.807) is 11.3 Å². The van der Waals surface area contributed by atoms with Crippen molar-refractivity contribution >= 4 is 28.9 Å². The lowest BCUT2D eigenvalue weighted by Crippen LogP contribution is -2.37. The molecule has 1 N–H and O–H groups in total. The van der Waals surface area contributed by atoms with Crippen molar-refractivity contribution in [3.05, 3.63) is 46.3 Å². The van der Waals surface area contributed by atoms with Crippen LogP contribution in [0.25, 0.3) is 10.4 Å². The lowest BCUT2D eigenvalue weighted by atomic mass is 9.98. The molecule has 0 amide bonds. The first-order chi connectivity index (χ1) is 10.6. The van der Waals surface area contributed by atoms with Gasteiger partial charge in [0.2, 0.25) is 0 Å². The van der Waals surface area contributed by atoms with Crippen LogP contribution in [0.4, 0.5) is 0 Å². The van der Waals surface area contributed by atoms with Crippen molar-refractivity contribution in [3.63, 3.8) is 0 Å². The van der Waals surface area contributed by atoms with Gasteiger partial charge < -0.3 is 5.11 Å². The third kappa shape index (κ3) is 3.51. The number of likely N-dealkylation sites (tertiary alicyclic amines) is 1. The summed E-state index contributed by atoms with van der Waals surface area (Å²) in [5.41, 5.74) is 1.06. The molecule has 2 heterocycles. The van der Waals surface area contributed by atoms with Gasteiger partial charge in [0.15, 0.2) is 0 Å². The maximum atomic E-state index is 11.1. The van der Waals surface area contributed by atoms with Gasteiger partial charge in [-0.05, 0) is 37.6 Å². The molecule has 3 rings (SSSR count). The van der Waals surface area contributed by atoms with Gasteiger partial charge in [-0.3, -0.25) is 9.69 Å². The molecule has 116 valence electrons. The fraction of sp³-hybridized carbons (Fsp3) is 0.353. The van der Waals surface area contributed by atoms with Crippen LogP contribution in [0.15, 0.2) is 36.4 Å². The molecule has 3 nitrogen and oxygen atoms in total. The van der Waals surface area contributed by atoms with Gasteiger partial charge in [0, 0.05) is 33.4 Å². The van der Waals surface area contributed by atoms with Crippen LogP contribution in [-0.4, -0.2) is 29.1 Å². The molecule has 0 aliphatic carbocycles. The number of piperidine rings is 1. The molecular weight excluding hydrogens is 318 g/mol. The largest absolute Gasteiger partial charge is 0.481 e. The number of carboxylic acids is 1.